The Morgan fingerprint density at radius 3 is 2.50 bits per heavy atom. The molecule has 0 fully saturated rings. The zero-order valence-corrected chi connectivity index (χ0v) is 15.7. The van der Waals surface area contributed by atoms with E-state index in [4.69, 9.17) is 4.74 Å². The maximum atomic E-state index is 13.1. The summed E-state index contributed by atoms with van der Waals surface area (Å²) in [5.74, 6) is 0.571. The van der Waals surface area contributed by atoms with Crippen LogP contribution in [0, 0.1) is 5.82 Å². The average Bonchev–Trinajstić information content (AvgIpc) is 3.15. The van der Waals surface area contributed by atoms with Gasteiger partial charge in [-0.2, -0.15) is 9.61 Å². The van der Waals surface area contributed by atoms with Crippen molar-refractivity contribution in [2.24, 2.45) is 0 Å². The lowest BCUT2D eigenvalue weighted by Crippen LogP contribution is -2.04. The van der Waals surface area contributed by atoms with E-state index in [2.05, 4.69) is 15.3 Å². The van der Waals surface area contributed by atoms with Gasteiger partial charge >= 0.3 is 0 Å². The lowest BCUT2D eigenvalue weighted by atomic mass is 10.1. The van der Waals surface area contributed by atoms with Gasteiger partial charge in [-0.15, -0.1) is 10.2 Å². The number of nitrogens with zero attached hydrogens (tertiary/aromatic N) is 4. The quantitative estimate of drug-likeness (QED) is 0.365. The highest BCUT2D eigenvalue weighted by Gasteiger charge is 2.13. The third-order valence-electron chi connectivity index (χ3n) is 4.12. The van der Waals surface area contributed by atoms with Gasteiger partial charge in [-0.1, -0.05) is 11.8 Å². The smallest absolute Gasteiger partial charge is 0.212 e. The van der Waals surface area contributed by atoms with Crippen LogP contribution in [-0.4, -0.2) is 38.5 Å². The first-order valence-electron chi connectivity index (χ1n) is 8.42. The Hall–Kier alpha value is -3.26. The van der Waals surface area contributed by atoms with Crippen molar-refractivity contribution < 1.29 is 13.9 Å². The highest BCUT2D eigenvalue weighted by molar-refractivity contribution is 7.99. The van der Waals surface area contributed by atoms with Gasteiger partial charge in [0.1, 0.15) is 11.6 Å². The molecule has 0 N–H and O–H groups in total. The second kappa shape index (κ2) is 7.77. The second-order valence-electron chi connectivity index (χ2n) is 5.92. The van der Waals surface area contributed by atoms with Gasteiger partial charge in [0.2, 0.25) is 5.16 Å². The number of ketones is 1. The van der Waals surface area contributed by atoms with Crippen molar-refractivity contribution in [2.75, 3.05) is 12.9 Å². The molecule has 6 nitrogen and oxygen atoms in total. The summed E-state index contributed by atoms with van der Waals surface area (Å²) in [6, 6.07) is 16.6. The number of fused-ring (bicyclic) bond motifs is 1. The molecule has 4 rings (SSSR count). The first kappa shape index (κ1) is 18.1. The Morgan fingerprint density at radius 1 is 1.04 bits per heavy atom. The van der Waals surface area contributed by atoms with Crippen LogP contribution in [0.2, 0.25) is 0 Å². The normalized spacial score (nSPS) is 10.9. The second-order valence-corrected chi connectivity index (χ2v) is 6.86. The van der Waals surface area contributed by atoms with Crippen LogP contribution >= 0.6 is 11.8 Å². The van der Waals surface area contributed by atoms with Crippen LogP contribution in [0.5, 0.6) is 5.75 Å². The number of carbonyl (C=O) groups is 1. The molecule has 0 saturated heterocycles. The van der Waals surface area contributed by atoms with Gasteiger partial charge in [0.25, 0.3) is 0 Å². The van der Waals surface area contributed by atoms with Crippen molar-refractivity contribution in [1.29, 1.82) is 0 Å². The van der Waals surface area contributed by atoms with E-state index >= 15 is 0 Å². The topological polar surface area (TPSA) is 69.4 Å². The van der Waals surface area contributed by atoms with Crippen molar-refractivity contribution in [3.8, 4) is 17.0 Å². The van der Waals surface area contributed by atoms with Gasteiger partial charge < -0.3 is 4.74 Å². The summed E-state index contributed by atoms with van der Waals surface area (Å²) in [6.07, 6.45) is 0. The molecule has 0 spiro atoms. The van der Waals surface area contributed by atoms with Crippen LogP contribution in [0.3, 0.4) is 0 Å². The van der Waals surface area contributed by atoms with E-state index < -0.39 is 0 Å². The summed E-state index contributed by atoms with van der Waals surface area (Å²) in [7, 11) is 1.58. The molecule has 140 valence electrons. The van der Waals surface area contributed by atoms with Gasteiger partial charge in [-0.3, -0.25) is 4.79 Å². The molecule has 4 aromatic rings. The first-order chi connectivity index (χ1) is 13.6. The number of benzene rings is 2. The molecule has 2 heterocycles. The number of ether oxygens (including phenoxy) is 1. The maximum Gasteiger partial charge on any atom is 0.212 e. The average molecular weight is 394 g/mol. The molecule has 2 aromatic carbocycles. The SMILES string of the molecule is COc1ccc(C(=O)CSc2nnc3ccc(-c4ccc(F)cc4)nn23)cc1. The molecule has 0 aliphatic carbocycles. The monoisotopic (exact) mass is 394 g/mol. The summed E-state index contributed by atoms with van der Waals surface area (Å²) < 4.78 is 19.8. The standard InChI is InChI=1S/C20H15FN4O2S/c1-27-16-8-4-14(5-9-16)18(26)12-28-20-23-22-19-11-10-17(24-25(19)20)13-2-6-15(21)7-3-13/h2-11H,12H2,1H3. The molecule has 0 aliphatic rings. The number of carbonyl (C=O) groups excluding carboxylic acids is 1. The van der Waals surface area contributed by atoms with Crippen LogP contribution in [0.25, 0.3) is 16.9 Å². The van der Waals surface area contributed by atoms with Crippen LogP contribution in [0.1, 0.15) is 10.4 Å². The minimum atomic E-state index is -0.303. The summed E-state index contributed by atoms with van der Waals surface area (Å²) in [5.41, 5.74) is 2.62. The third-order valence-corrected chi connectivity index (χ3v) is 5.04. The minimum absolute atomic E-state index is 0.0286. The molecule has 0 unspecified atom stereocenters. The zero-order valence-electron chi connectivity index (χ0n) is 14.9. The van der Waals surface area contributed by atoms with Gasteiger partial charge in [0, 0.05) is 11.1 Å². The summed E-state index contributed by atoms with van der Waals surface area (Å²) in [4.78, 5) is 12.4. The van der Waals surface area contributed by atoms with E-state index in [0.717, 1.165) is 5.56 Å². The zero-order chi connectivity index (χ0) is 19.5. The number of hydrogen-bond acceptors (Lipinski definition) is 6. The molecule has 2 aromatic heterocycles. The molecule has 0 bridgehead atoms. The summed E-state index contributed by atoms with van der Waals surface area (Å²) in [5, 5.41) is 13.2. The van der Waals surface area contributed by atoms with E-state index in [-0.39, 0.29) is 17.4 Å². The highest BCUT2D eigenvalue weighted by Crippen LogP contribution is 2.22. The van der Waals surface area contributed by atoms with Gasteiger partial charge in [-0.25, -0.2) is 4.39 Å². The maximum absolute atomic E-state index is 13.1. The van der Waals surface area contributed by atoms with Crippen LogP contribution in [-0.2, 0) is 0 Å². The predicted molar refractivity (Wildman–Crippen MR) is 104 cm³/mol. The van der Waals surface area contributed by atoms with Crippen molar-refractivity contribution >= 4 is 23.2 Å². The van der Waals surface area contributed by atoms with Crippen LogP contribution < -0.4 is 4.74 Å². The minimum Gasteiger partial charge on any atom is -0.497 e. The van der Waals surface area contributed by atoms with E-state index in [1.165, 1.54) is 23.9 Å². The van der Waals surface area contributed by atoms with Crippen LogP contribution in [0.15, 0.2) is 65.8 Å². The Kier molecular flexibility index (Phi) is 5.03. The molecule has 0 saturated carbocycles. The molecular weight excluding hydrogens is 379 g/mol. The molecule has 0 amide bonds. The number of methoxy groups -OCH3 is 1. The number of rotatable bonds is 6. The predicted octanol–water partition coefficient (Wildman–Crippen LogP) is 3.91. The summed E-state index contributed by atoms with van der Waals surface area (Å²) in [6.45, 7) is 0. The van der Waals surface area contributed by atoms with E-state index in [1.807, 2.05) is 0 Å². The van der Waals surface area contributed by atoms with Crippen LogP contribution in [0.4, 0.5) is 4.39 Å². The number of thioether (sulfide) groups is 1. The number of aromatic nitrogens is 4. The number of Topliss-reactive ketones (excluding diaryl/α,β-unsaturated/α-hetero) is 1. The largest absolute Gasteiger partial charge is 0.497 e. The van der Waals surface area contributed by atoms with E-state index in [0.29, 0.717) is 27.8 Å². The molecule has 0 radical (unpaired) electrons. The molecular formula is C20H15FN4O2S. The van der Waals surface area contributed by atoms with Crippen molar-refractivity contribution in [2.45, 2.75) is 5.16 Å². The van der Waals surface area contributed by atoms with Crippen molar-refractivity contribution in [1.82, 2.24) is 19.8 Å². The Bertz CT molecular complexity index is 1130. The summed E-state index contributed by atoms with van der Waals surface area (Å²) >= 11 is 1.26. The Morgan fingerprint density at radius 2 is 1.79 bits per heavy atom. The van der Waals surface area contributed by atoms with Gasteiger partial charge in [0.05, 0.1) is 18.6 Å². The molecule has 0 aliphatic heterocycles. The lowest BCUT2D eigenvalue weighted by molar-refractivity contribution is 0.102. The van der Waals surface area contributed by atoms with Gasteiger partial charge in [0.15, 0.2) is 11.4 Å². The molecule has 28 heavy (non-hydrogen) atoms. The van der Waals surface area contributed by atoms with Crippen molar-refractivity contribution in [3.63, 3.8) is 0 Å². The number of hydrogen-bond donors (Lipinski definition) is 0. The Balaban J connectivity index is 1.54. The fourth-order valence-corrected chi connectivity index (χ4v) is 3.41. The first-order valence-corrected chi connectivity index (χ1v) is 9.41. The highest BCUT2D eigenvalue weighted by atomic mass is 32.2. The van der Waals surface area contributed by atoms with Crippen molar-refractivity contribution in [3.05, 3.63) is 72.0 Å². The molecule has 0 atom stereocenters. The fourth-order valence-electron chi connectivity index (χ4n) is 2.62. The molecule has 8 heteroatoms. The Labute approximate surface area is 164 Å². The van der Waals surface area contributed by atoms with E-state index in [1.54, 1.807) is 60.2 Å². The lowest BCUT2D eigenvalue weighted by Gasteiger charge is -2.04. The van der Waals surface area contributed by atoms with Gasteiger partial charge in [-0.05, 0) is 60.7 Å². The fraction of sp³-hybridized carbons (Fsp3) is 0.100. The van der Waals surface area contributed by atoms with E-state index in [9.17, 15) is 9.18 Å². The third kappa shape index (κ3) is 3.72. The number of halogens is 1.